The number of hydrogen-bond acceptors (Lipinski definition) is 9. The van der Waals surface area contributed by atoms with E-state index in [1.807, 2.05) is 0 Å². The molecule has 1 aromatic carbocycles. The number of carbonyl (C=O) groups is 4. The molecule has 0 bridgehead atoms. The summed E-state index contributed by atoms with van der Waals surface area (Å²) in [6.07, 6.45) is 1.54. The minimum atomic E-state index is -1.37. The molecule has 13 nitrogen and oxygen atoms in total. The van der Waals surface area contributed by atoms with Crippen LogP contribution in [0.2, 0.25) is 0 Å². The first-order chi connectivity index (χ1) is 21.0. The van der Waals surface area contributed by atoms with Crippen molar-refractivity contribution in [2.45, 2.75) is 32.1 Å². The number of rotatable bonds is 9. The largest absolute Gasteiger partial charge is 0.453 e. The van der Waals surface area contributed by atoms with E-state index in [0.717, 1.165) is 0 Å². The number of amides is 3. The molecule has 1 saturated heterocycles. The number of anilines is 1. The van der Waals surface area contributed by atoms with Crippen LogP contribution < -0.4 is 10.1 Å². The minimum Gasteiger partial charge on any atom is -0.453 e. The summed E-state index contributed by atoms with van der Waals surface area (Å²) in [6.45, 7) is 0.620. The van der Waals surface area contributed by atoms with E-state index >= 15 is 0 Å². The molecule has 0 radical (unpaired) electrons. The van der Waals surface area contributed by atoms with Crippen LogP contribution in [0, 0.1) is 0 Å². The number of fused-ring (bicyclic) bond motifs is 1. The number of carbonyl (C=O) groups excluding carboxylic acids is 4. The number of alkyl halides is 1. The van der Waals surface area contributed by atoms with E-state index in [1.54, 1.807) is 50.5 Å². The highest BCUT2D eigenvalue weighted by Gasteiger charge is 2.40. The van der Waals surface area contributed by atoms with Crippen molar-refractivity contribution < 1.29 is 28.3 Å². The molecule has 44 heavy (non-hydrogen) atoms. The van der Waals surface area contributed by atoms with Crippen molar-refractivity contribution in [3.05, 3.63) is 59.1 Å². The fourth-order valence-corrected chi connectivity index (χ4v) is 5.09. The summed E-state index contributed by atoms with van der Waals surface area (Å²) in [6, 6.07) is 9.20. The van der Waals surface area contributed by atoms with Crippen molar-refractivity contribution in [3.63, 3.8) is 0 Å². The number of pyridine rings is 1. The smallest absolute Gasteiger partial charge is 0.316 e. The normalized spacial score (nSPS) is 16.2. The van der Waals surface area contributed by atoms with Crippen molar-refractivity contribution in [1.29, 1.82) is 0 Å². The van der Waals surface area contributed by atoms with Gasteiger partial charge in [-0.2, -0.15) is 5.10 Å². The van der Waals surface area contributed by atoms with E-state index < -0.39 is 24.0 Å². The third-order valence-corrected chi connectivity index (χ3v) is 7.44. The maximum atomic E-state index is 14.5. The molecule has 228 valence electrons. The number of aromatic nitrogens is 5. The van der Waals surface area contributed by atoms with E-state index in [2.05, 4.69) is 41.3 Å². The highest BCUT2D eigenvalue weighted by Crippen LogP contribution is 2.28. The quantitative estimate of drug-likeness (QED) is 0.210. The second kappa shape index (κ2) is 12.8. The lowest BCUT2D eigenvalue weighted by molar-refractivity contribution is -0.137. The zero-order valence-corrected chi connectivity index (χ0v) is 25.6. The number of likely N-dealkylation sites (N-methyl/N-ethyl adjacent to an activating group) is 1. The Bertz CT molecular complexity index is 1750. The third-order valence-electron chi connectivity index (χ3n) is 6.99. The number of ether oxygens (including phenoxy) is 1. The van der Waals surface area contributed by atoms with Crippen LogP contribution in [0.3, 0.4) is 0 Å². The topological polar surface area (TPSA) is 153 Å². The van der Waals surface area contributed by atoms with Gasteiger partial charge in [0.15, 0.2) is 12.4 Å². The highest BCUT2D eigenvalue weighted by molar-refractivity contribution is 9.10. The van der Waals surface area contributed by atoms with Gasteiger partial charge in [0.05, 0.1) is 12.1 Å². The van der Waals surface area contributed by atoms with Crippen LogP contribution in [-0.2, 0) is 20.9 Å². The van der Waals surface area contributed by atoms with E-state index in [1.165, 1.54) is 33.8 Å². The number of nitrogens with one attached hydrogen (secondary N) is 1. The monoisotopic (exact) mass is 666 g/mol. The first-order valence-corrected chi connectivity index (χ1v) is 14.3. The number of halogens is 2. The first-order valence-electron chi connectivity index (χ1n) is 13.5. The molecule has 3 amide bonds. The summed E-state index contributed by atoms with van der Waals surface area (Å²) in [7, 11) is 3.23. The van der Waals surface area contributed by atoms with Gasteiger partial charge in [-0.15, -0.1) is 0 Å². The molecule has 4 aromatic rings. The van der Waals surface area contributed by atoms with Gasteiger partial charge in [0.25, 0.3) is 5.91 Å². The molecule has 1 aliphatic rings. The van der Waals surface area contributed by atoms with Crippen molar-refractivity contribution >= 4 is 56.2 Å². The average Bonchev–Trinajstić information content (AvgIpc) is 3.56. The van der Waals surface area contributed by atoms with E-state index in [-0.39, 0.29) is 55.3 Å². The molecule has 15 heteroatoms. The van der Waals surface area contributed by atoms with Crippen molar-refractivity contribution in [1.82, 2.24) is 34.5 Å². The number of Topliss-reactive ketones (excluding diaryl/α,β-unsaturated/α-hetero) is 1. The van der Waals surface area contributed by atoms with Crippen LogP contribution in [0.15, 0.2) is 53.4 Å². The molecule has 2 atom stereocenters. The predicted molar refractivity (Wildman–Crippen MR) is 161 cm³/mol. The lowest BCUT2D eigenvalue weighted by Crippen LogP contribution is -2.44. The van der Waals surface area contributed by atoms with Gasteiger partial charge in [-0.05, 0) is 45.8 Å². The summed E-state index contributed by atoms with van der Waals surface area (Å²) >= 11 is 3.24. The van der Waals surface area contributed by atoms with Crippen molar-refractivity contribution in [2.75, 3.05) is 32.6 Å². The van der Waals surface area contributed by atoms with Crippen molar-refractivity contribution in [2.24, 2.45) is 0 Å². The van der Waals surface area contributed by atoms with Gasteiger partial charge in [0, 0.05) is 50.8 Å². The molecule has 1 fully saturated rings. The number of benzene rings is 1. The van der Waals surface area contributed by atoms with Gasteiger partial charge in [0.1, 0.15) is 34.9 Å². The van der Waals surface area contributed by atoms with Gasteiger partial charge in [-0.1, -0.05) is 12.1 Å². The van der Waals surface area contributed by atoms with Crippen molar-refractivity contribution in [3.8, 4) is 17.1 Å². The molecule has 0 aliphatic carbocycles. The standard InChI is InChI=1S/C29H28BrFN8O5/c1-16(40)27-20-9-17(18-11-32-29(33-12-18)44-15-26(42)37(2)3)7-8-21(20)39(36-27)14-25(41)38-13-19(31)10-22(38)28(43)35-24-6-4-5-23(30)34-24/h4-9,11-12,19,22H,10,13-15H2,1-3H3,(H,34,35,43)/t19-,22+/m1/s1. The summed E-state index contributed by atoms with van der Waals surface area (Å²) < 4.78 is 21.7. The number of ketones is 1. The summed E-state index contributed by atoms with van der Waals surface area (Å²) in [5.41, 5.74) is 1.96. The van der Waals surface area contributed by atoms with Gasteiger partial charge in [-0.3, -0.25) is 23.9 Å². The summed E-state index contributed by atoms with van der Waals surface area (Å²) in [4.78, 5) is 65.7. The lowest BCUT2D eigenvalue weighted by Gasteiger charge is -2.23. The van der Waals surface area contributed by atoms with Gasteiger partial charge in [-0.25, -0.2) is 19.3 Å². The summed E-state index contributed by atoms with van der Waals surface area (Å²) in [5, 5.41) is 7.53. The molecule has 0 unspecified atom stereocenters. The lowest BCUT2D eigenvalue weighted by atomic mass is 10.0. The molecule has 4 heterocycles. The predicted octanol–water partition coefficient (Wildman–Crippen LogP) is 2.90. The average molecular weight is 667 g/mol. The third kappa shape index (κ3) is 6.72. The second-order valence-corrected chi connectivity index (χ2v) is 11.2. The Morgan fingerprint density at radius 1 is 1.11 bits per heavy atom. The molecular weight excluding hydrogens is 639 g/mol. The summed E-state index contributed by atoms with van der Waals surface area (Å²) in [5.74, 6) is -1.35. The van der Waals surface area contributed by atoms with Crippen LogP contribution >= 0.6 is 15.9 Å². The number of hydrogen-bond donors (Lipinski definition) is 1. The van der Waals surface area contributed by atoms with Crippen LogP contribution in [0.25, 0.3) is 22.0 Å². The van der Waals surface area contributed by atoms with Crippen LogP contribution in [0.4, 0.5) is 10.2 Å². The number of likely N-dealkylation sites (tertiary alicyclic amines) is 1. The fraction of sp³-hybridized carbons (Fsp3) is 0.310. The molecule has 1 N–H and O–H groups in total. The maximum Gasteiger partial charge on any atom is 0.316 e. The highest BCUT2D eigenvalue weighted by atomic mass is 79.9. The van der Waals surface area contributed by atoms with Crippen LogP contribution in [0.1, 0.15) is 23.8 Å². The van der Waals surface area contributed by atoms with E-state index in [9.17, 15) is 23.6 Å². The molecule has 3 aromatic heterocycles. The van der Waals surface area contributed by atoms with Gasteiger partial charge < -0.3 is 19.9 Å². The zero-order chi connectivity index (χ0) is 31.5. The van der Waals surface area contributed by atoms with Gasteiger partial charge in [0.2, 0.25) is 11.8 Å². The minimum absolute atomic E-state index is 0.0399. The molecular formula is C29H28BrFN8O5. The van der Waals surface area contributed by atoms with E-state index in [0.29, 0.717) is 26.6 Å². The fourth-order valence-electron chi connectivity index (χ4n) is 4.75. The molecule has 0 spiro atoms. The Morgan fingerprint density at radius 3 is 2.55 bits per heavy atom. The Hall–Kier alpha value is -4.79. The second-order valence-electron chi connectivity index (χ2n) is 10.4. The zero-order valence-electron chi connectivity index (χ0n) is 24.0. The Balaban J connectivity index is 1.35. The molecule has 5 rings (SSSR count). The molecule has 1 aliphatic heterocycles. The Labute approximate surface area is 259 Å². The number of nitrogens with zero attached hydrogens (tertiary/aromatic N) is 7. The first kappa shape index (κ1) is 30.7. The SMILES string of the molecule is CC(=O)c1nn(CC(=O)N2C[C@H](F)C[C@H]2C(=O)Nc2cccc(Br)n2)c2ccc(-c3cnc(OCC(=O)N(C)C)nc3)cc12. The van der Waals surface area contributed by atoms with Crippen LogP contribution in [0.5, 0.6) is 6.01 Å². The maximum absolute atomic E-state index is 14.5. The van der Waals surface area contributed by atoms with E-state index in [4.69, 9.17) is 4.74 Å². The molecule has 0 saturated carbocycles. The van der Waals surface area contributed by atoms with Crippen LogP contribution in [-0.4, -0.2) is 97.5 Å². The van der Waals surface area contributed by atoms with Gasteiger partial charge >= 0.3 is 6.01 Å². The Kier molecular flexibility index (Phi) is 8.94. The Morgan fingerprint density at radius 2 is 1.86 bits per heavy atom.